The Kier molecular flexibility index (Phi) is 5.32. The molecule has 1 saturated carbocycles. The van der Waals surface area contributed by atoms with Crippen molar-refractivity contribution in [2.75, 3.05) is 13.2 Å². The molecule has 2 nitrogen and oxygen atoms in total. The molecule has 0 N–H and O–H groups in total. The largest absolute Gasteiger partial charge is 0.376 e. The third-order valence-electron chi connectivity index (χ3n) is 5.50. The lowest BCUT2D eigenvalue weighted by Gasteiger charge is -2.28. The van der Waals surface area contributed by atoms with Gasteiger partial charge in [-0.2, -0.15) is 0 Å². The predicted molar refractivity (Wildman–Crippen MR) is 97.8 cm³/mol. The van der Waals surface area contributed by atoms with Gasteiger partial charge in [-0.05, 0) is 54.9 Å². The highest BCUT2D eigenvalue weighted by Crippen LogP contribution is 2.32. The van der Waals surface area contributed by atoms with Gasteiger partial charge in [0.1, 0.15) is 0 Å². The van der Waals surface area contributed by atoms with Gasteiger partial charge in [0, 0.05) is 25.7 Å². The summed E-state index contributed by atoms with van der Waals surface area (Å²) in [5, 5.41) is 0. The van der Waals surface area contributed by atoms with Gasteiger partial charge in [-0.1, -0.05) is 36.4 Å². The second kappa shape index (κ2) is 7.85. The fourth-order valence-corrected chi connectivity index (χ4v) is 3.81. The molecule has 2 aromatic carbocycles. The maximum atomic E-state index is 13.6. The average molecular weight is 357 g/mol. The highest BCUT2D eigenvalue weighted by molar-refractivity contribution is 5.20. The van der Waals surface area contributed by atoms with Crippen LogP contribution in [0.5, 0.6) is 0 Å². The van der Waals surface area contributed by atoms with E-state index in [0.29, 0.717) is 6.54 Å². The van der Waals surface area contributed by atoms with E-state index in [1.807, 2.05) is 6.07 Å². The Balaban J connectivity index is 1.48. The number of ether oxygens (including phenoxy) is 1. The van der Waals surface area contributed by atoms with Crippen LogP contribution in [0.2, 0.25) is 0 Å². The molecule has 1 saturated heterocycles. The maximum absolute atomic E-state index is 13.6. The van der Waals surface area contributed by atoms with E-state index >= 15 is 0 Å². The zero-order chi connectivity index (χ0) is 17.9. The van der Waals surface area contributed by atoms with Crippen LogP contribution in [0.15, 0.2) is 48.5 Å². The van der Waals surface area contributed by atoms with E-state index in [1.54, 1.807) is 6.07 Å². The first-order valence-electron chi connectivity index (χ1n) is 9.52. The van der Waals surface area contributed by atoms with E-state index < -0.39 is 11.6 Å². The lowest BCUT2D eigenvalue weighted by atomic mass is 10.0. The van der Waals surface area contributed by atoms with Crippen LogP contribution in [0.3, 0.4) is 0 Å². The predicted octanol–water partition coefficient (Wildman–Crippen LogP) is 4.58. The van der Waals surface area contributed by atoms with Crippen LogP contribution in [-0.4, -0.2) is 30.2 Å². The molecule has 1 aliphatic heterocycles. The van der Waals surface area contributed by atoms with Crippen LogP contribution >= 0.6 is 0 Å². The van der Waals surface area contributed by atoms with E-state index in [4.69, 9.17) is 4.74 Å². The van der Waals surface area contributed by atoms with Crippen molar-refractivity contribution < 1.29 is 13.5 Å². The molecule has 0 spiro atoms. The molecule has 4 rings (SSSR count). The maximum Gasteiger partial charge on any atom is 0.159 e. The summed E-state index contributed by atoms with van der Waals surface area (Å²) in [7, 11) is 0. The normalized spacial score (nSPS) is 23.5. The molecule has 0 unspecified atom stereocenters. The number of rotatable bonds is 7. The third-order valence-corrected chi connectivity index (χ3v) is 5.50. The van der Waals surface area contributed by atoms with E-state index in [0.717, 1.165) is 37.5 Å². The molecular weight excluding hydrogens is 332 g/mol. The monoisotopic (exact) mass is 357 g/mol. The molecule has 2 atom stereocenters. The molecule has 0 amide bonds. The Labute approximate surface area is 153 Å². The molecular formula is C22H25F2NO. The zero-order valence-corrected chi connectivity index (χ0v) is 14.9. The first-order chi connectivity index (χ1) is 12.7. The minimum Gasteiger partial charge on any atom is -0.376 e. The summed E-state index contributed by atoms with van der Waals surface area (Å²) in [5.74, 6) is -0.822. The second-order valence-electron chi connectivity index (χ2n) is 7.58. The van der Waals surface area contributed by atoms with Crippen LogP contribution in [0.1, 0.15) is 30.4 Å². The van der Waals surface area contributed by atoms with Crippen molar-refractivity contribution in [2.45, 2.75) is 44.4 Å². The number of halogens is 2. The minimum atomic E-state index is -0.790. The smallest absolute Gasteiger partial charge is 0.159 e. The van der Waals surface area contributed by atoms with Crippen molar-refractivity contribution in [1.29, 1.82) is 0 Å². The van der Waals surface area contributed by atoms with Crippen LogP contribution in [0, 0.1) is 17.6 Å². The molecule has 26 heavy (non-hydrogen) atoms. The molecule has 2 aromatic rings. The molecule has 2 aliphatic rings. The van der Waals surface area contributed by atoms with Gasteiger partial charge in [0.25, 0.3) is 0 Å². The van der Waals surface area contributed by atoms with Crippen molar-refractivity contribution in [3.8, 4) is 0 Å². The fourth-order valence-electron chi connectivity index (χ4n) is 3.81. The zero-order valence-electron chi connectivity index (χ0n) is 14.9. The van der Waals surface area contributed by atoms with Crippen molar-refractivity contribution in [3.05, 3.63) is 71.3 Å². The van der Waals surface area contributed by atoms with Gasteiger partial charge in [0.15, 0.2) is 11.6 Å². The number of likely N-dealkylation sites (tertiary alicyclic amines) is 1. The van der Waals surface area contributed by atoms with Gasteiger partial charge < -0.3 is 4.74 Å². The van der Waals surface area contributed by atoms with Gasteiger partial charge in [0.05, 0.1) is 6.10 Å². The topological polar surface area (TPSA) is 12.5 Å². The summed E-state index contributed by atoms with van der Waals surface area (Å²) in [6, 6.07) is 14.9. The lowest BCUT2D eigenvalue weighted by Crippen LogP contribution is -2.38. The molecule has 1 heterocycles. The molecule has 138 valence electrons. The van der Waals surface area contributed by atoms with E-state index in [9.17, 15) is 8.78 Å². The first-order valence-corrected chi connectivity index (χ1v) is 9.52. The Morgan fingerprint density at radius 1 is 0.923 bits per heavy atom. The Morgan fingerprint density at radius 2 is 1.73 bits per heavy atom. The minimum absolute atomic E-state index is 0.209. The van der Waals surface area contributed by atoms with Crippen molar-refractivity contribution in [1.82, 2.24) is 4.90 Å². The second-order valence-corrected chi connectivity index (χ2v) is 7.58. The Bertz CT molecular complexity index is 732. The number of hydrogen-bond donors (Lipinski definition) is 0. The van der Waals surface area contributed by atoms with E-state index in [2.05, 4.69) is 29.2 Å². The number of hydrogen-bond acceptors (Lipinski definition) is 2. The molecule has 4 heteroatoms. The van der Waals surface area contributed by atoms with Gasteiger partial charge in [-0.25, -0.2) is 8.78 Å². The number of nitrogens with zero attached hydrogens (tertiary/aromatic N) is 1. The first kappa shape index (κ1) is 17.6. The summed E-state index contributed by atoms with van der Waals surface area (Å²) < 4.78 is 33.0. The summed E-state index contributed by atoms with van der Waals surface area (Å²) in [5.41, 5.74) is 2.10. The van der Waals surface area contributed by atoms with Crippen molar-refractivity contribution >= 4 is 0 Å². The van der Waals surface area contributed by atoms with Gasteiger partial charge in [-0.3, -0.25) is 4.90 Å². The van der Waals surface area contributed by atoms with Crippen LogP contribution < -0.4 is 0 Å². The van der Waals surface area contributed by atoms with Gasteiger partial charge in [-0.15, -0.1) is 0 Å². The molecule has 0 radical (unpaired) electrons. The van der Waals surface area contributed by atoms with E-state index in [-0.39, 0.29) is 12.1 Å². The highest BCUT2D eigenvalue weighted by Gasteiger charge is 2.36. The Morgan fingerprint density at radius 3 is 2.46 bits per heavy atom. The van der Waals surface area contributed by atoms with Crippen molar-refractivity contribution in [3.63, 3.8) is 0 Å². The summed E-state index contributed by atoms with van der Waals surface area (Å²) in [4.78, 5) is 2.36. The quantitative estimate of drug-likeness (QED) is 0.719. The fraction of sp³-hybridized carbons (Fsp3) is 0.455. The molecule has 1 aliphatic carbocycles. The van der Waals surface area contributed by atoms with Gasteiger partial charge >= 0.3 is 0 Å². The molecule has 0 bridgehead atoms. The summed E-state index contributed by atoms with van der Waals surface area (Å²) in [6.07, 6.45) is 4.69. The SMILES string of the molecule is Fc1ccc(CN2CC[C@@H](OCC3CC3)[C@@H]2Cc2ccccc2)cc1F. The highest BCUT2D eigenvalue weighted by atomic mass is 19.2. The molecule has 2 fully saturated rings. The van der Waals surface area contributed by atoms with Crippen molar-refractivity contribution in [2.24, 2.45) is 5.92 Å². The summed E-state index contributed by atoms with van der Waals surface area (Å²) >= 11 is 0. The number of benzene rings is 2. The Hall–Kier alpha value is -1.78. The average Bonchev–Trinajstić information content (AvgIpc) is 3.41. The van der Waals surface area contributed by atoms with Gasteiger partial charge in [0.2, 0.25) is 0 Å². The standard InChI is InChI=1S/C22H25F2NO/c23-19-9-8-18(12-20(19)24)14-25-11-10-22(26-15-17-6-7-17)21(25)13-16-4-2-1-3-5-16/h1-5,8-9,12,17,21-22H,6-7,10-11,13-15H2/t21-,22+/m0/s1. The lowest BCUT2D eigenvalue weighted by molar-refractivity contribution is 0.0196. The third kappa shape index (κ3) is 4.30. The van der Waals surface area contributed by atoms with E-state index in [1.165, 1.54) is 30.5 Å². The van der Waals surface area contributed by atoms with Crippen LogP contribution in [0.4, 0.5) is 8.78 Å². The summed E-state index contributed by atoms with van der Waals surface area (Å²) in [6.45, 7) is 2.40. The van der Waals surface area contributed by atoms with Crippen LogP contribution in [-0.2, 0) is 17.7 Å². The molecule has 0 aromatic heterocycles. The van der Waals surface area contributed by atoms with Crippen LogP contribution in [0.25, 0.3) is 0 Å².